The molecule has 1 aliphatic heterocycles. The number of hydrogen-bond acceptors (Lipinski definition) is 2. The second kappa shape index (κ2) is 6.20. The maximum Gasteiger partial charge on any atom is 0.251 e. The summed E-state index contributed by atoms with van der Waals surface area (Å²) in [5, 5.41) is 6.39. The Kier molecular flexibility index (Phi) is 4.59. The fourth-order valence-electron chi connectivity index (χ4n) is 2.57. The predicted molar refractivity (Wildman–Crippen MR) is 78.0 cm³/mol. The number of fused-ring (bicyclic) bond motifs is 1. The Morgan fingerprint density at radius 2 is 2.05 bits per heavy atom. The van der Waals surface area contributed by atoms with Gasteiger partial charge in [-0.05, 0) is 42.5 Å². The Morgan fingerprint density at radius 1 is 1.32 bits per heavy atom. The van der Waals surface area contributed by atoms with Crippen LogP contribution in [-0.2, 0) is 13.1 Å². The molecule has 0 spiro atoms. The molecule has 1 amide bonds. The van der Waals surface area contributed by atoms with Gasteiger partial charge in [-0.15, -0.1) is 0 Å². The average molecular weight is 260 g/mol. The van der Waals surface area contributed by atoms with E-state index in [-0.39, 0.29) is 11.9 Å². The van der Waals surface area contributed by atoms with E-state index in [0.717, 1.165) is 31.5 Å². The van der Waals surface area contributed by atoms with Crippen LogP contribution in [-0.4, -0.2) is 11.9 Å². The molecule has 3 nitrogen and oxygen atoms in total. The number of amides is 1. The highest BCUT2D eigenvalue weighted by atomic mass is 16.1. The lowest BCUT2D eigenvalue weighted by Gasteiger charge is -2.17. The molecule has 1 aromatic rings. The molecule has 2 unspecified atom stereocenters. The minimum Gasteiger partial charge on any atom is -0.350 e. The molecular weight excluding hydrogens is 236 g/mol. The van der Waals surface area contributed by atoms with Gasteiger partial charge in [-0.1, -0.05) is 26.3 Å². The first kappa shape index (κ1) is 14.1. The van der Waals surface area contributed by atoms with Crippen molar-refractivity contribution in [2.24, 2.45) is 5.92 Å². The Balaban J connectivity index is 1.96. The number of rotatable bonds is 5. The molecule has 2 atom stereocenters. The Labute approximate surface area is 115 Å². The smallest absolute Gasteiger partial charge is 0.251 e. The van der Waals surface area contributed by atoms with E-state index in [4.69, 9.17) is 0 Å². The summed E-state index contributed by atoms with van der Waals surface area (Å²) < 4.78 is 0. The van der Waals surface area contributed by atoms with Crippen molar-refractivity contribution in [1.82, 2.24) is 10.6 Å². The third-order valence-corrected chi connectivity index (χ3v) is 3.93. The molecule has 19 heavy (non-hydrogen) atoms. The summed E-state index contributed by atoms with van der Waals surface area (Å²) in [6.07, 6.45) is 2.19. The van der Waals surface area contributed by atoms with Gasteiger partial charge in [-0.25, -0.2) is 0 Å². The molecule has 0 bridgehead atoms. The molecule has 0 saturated heterocycles. The maximum atomic E-state index is 12.2. The van der Waals surface area contributed by atoms with Crippen LogP contribution < -0.4 is 10.6 Å². The fourth-order valence-corrected chi connectivity index (χ4v) is 2.57. The SMILES string of the molecule is CCC(C)CC(C)NC(=O)c1ccc2c(c1)CNC2. The Hall–Kier alpha value is -1.35. The summed E-state index contributed by atoms with van der Waals surface area (Å²) in [5.74, 6) is 0.699. The van der Waals surface area contributed by atoms with Crippen molar-refractivity contribution in [3.63, 3.8) is 0 Å². The van der Waals surface area contributed by atoms with Gasteiger partial charge in [0.05, 0.1) is 0 Å². The number of carbonyl (C=O) groups excluding carboxylic acids is 1. The van der Waals surface area contributed by atoms with Crippen molar-refractivity contribution in [2.45, 2.75) is 52.7 Å². The quantitative estimate of drug-likeness (QED) is 0.854. The molecule has 1 aliphatic rings. The summed E-state index contributed by atoms with van der Waals surface area (Å²) in [6, 6.07) is 6.23. The van der Waals surface area contributed by atoms with E-state index in [1.165, 1.54) is 11.1 Å². The van der Waals surface area contributed by atoms with Gasteiger partial charge in [0, 0.05) is 24.7 Å². The van der Waals surface area contributed by atoms with Gasteiger partial charge in [0.25, 0.3) is 5.91 Å². The Morgan fingerprint density at radius 3 is 2.79 bits per heavy atom. The summed E-state index contributed by atoms with van der Waals surface area (Å²) in [7, 11) is 0. The largest absolute Gasteiger partial charge is 0.350 e. The molecule has 0 aliphatic carbocycles. The van der Waals surface area contributed by atoms with E-state index < -0.39 is 0 Å². The van der Waals surface area contributed by atoms with Crippen molar-refractivity contribution in [3.8, 4) is 0 Å². The van der Waals surface area contributed by atoms with Gasteiger partial charge in [0.15, 0.2) is 0 Å². The highest BCUT2D eigenvalue weighted by Crippen LogP contribution is 2.17. The minimum atomic E-state index is 0.0468. The van der Waals surface area contributed by atoms with E-state index >= 15 is 0 Å². The van der Waals surface area contributed by atoms with E-state index in [1.54, 1.807) is 0 Å². The molecule has 0 saturated carbocycles. The van der Waals surface area contributed by atoms with Crippen molar-refractivity contribution < 1.29 is 4.79 Å². The number of nitrogens with one attached hydrogen (secondary N) is 2. The van der Waals surface area contributed by atoms with Gasteiger partial charge in [-0.3, -0.25) is 4.79 Å². The molecule has 3 heteroatoms. The molecule has 1 aromatic carbocycles. The summed E-state index contributed by atoms with van der Waals surface area (Å²) in [6.45, 7) is 8.29. The standard InChI is InChI=1S/C16H24N2O/c1-4-11(2)7-12(3)18-16(19)13-5-6-14-9-17-10-15(14)8-13/h5-6,8,11-12,17H,4,7,9-10H2,1-3H3,(H,18,19). The van der Waals surface area contributed by atoms with Gasteiger partial charge in [-0.2, -0.15) is 0 Å². The zero-order chi connectivity index (χ0) is 13.8. The third kappa shape index (κ3) is 3.57. The summed E-state index contributed by atoms with van der Waals surface area (Å²) in [4.78, 5) is 12.2. The summed E-state index contributed by atoms with van der Waals surface area (Å²) >= 11 is 0. The van der Waals surface area contributed by atoms with Gasteiger partial charge < -0.3 is 10.6 Å². The molecule has 104 valence electrons. The van der Waals surface area contributed by atoms with Crippen LogP contribution in [0, 0.1) is 5.92 Å². The van der Waals surface area contributed by atoms with Crippen LogP contribution in [0.3, 0.4) is 0 Å². The molecular formula is C16H24N2O. The van der Waals surface area contributed by atoms with Crippen LogP contribution in [0.5, 0.6) is 0 Å². The van der Waals surface area contributed by atoms with Crippen molar-refractivity contribution in [2.75, 3.05) is 0 Å². The van der Waals surface area contributed by atoms with E-state index in [2.05, 4.69) is 37.5 Å². The molecule has 2 N–H and O–H groups in total. The van der Waals surface area contributed by atoms with Crippen LogP contribution >= 0.6 is 0 Å². The first-order valence-electron chi connectivity index (χ1n) is 7.23. The highest BCUT2D eigenvalue weighted by Gasteiger charge is 2.15. The molecule has 0 radical (unpaired) electrons. The normalized spacial score (nSPS) is 16.8. The van der Waals surface area contributed by atoms with E-state index in [0.29, 0.717) is 5.92 Å². The number of hydrogen-bond donors (Lipinski definition) is 2. The lowest BCUT2D eigenvalue weighted by atomic mass is 10.00. The zero-order valence-electron chi connectivity index (χ0n) is 12.1. The van der Waals surface area contributed by atoms with Crippen LogP contribution in [0.2, 0.25) is 0 Å². The van der Waals surface area contributed by atoms with Crippen LogP contribution in [0.25, 0.3) is 0 Å². The van der Waals surface area contributed by atoms with Gasteiger partial charge >= 0.3 is 0 Å². The van der Waals surface area contributed by atoms with Crippen LogP contribution in [0.4, 0.5) is 0 Å². The Bertz CT molecular complexity index is 456. The molecule has 0 aromatic heterocycles. The lowest BCUT2D eigenvalue weighted by Crippen LogP contribution is -2.33. The van der Waals surface area contributed by atoms with Crippen LogP contribution in [0.15, 0.2) is 18.2 Å². The van der Waals surface area contributed by atoms with Crippen molar-refractivity contribution in [1.29, 1.82) is 0 Å². The third-order valence-electron chi connectivity index (χ3n) is 3.93. The van der Waals surface area contributed by atoms with Crippen molar-refractivity contribution >= 4 is 5.91 Å². The first-order valence-corrected chi connectivity index (χ1v) is 7.23. The van der Waals surface area contributed by atoms with Gasteiger partial charge in [0.1, 0.15) is 0 Å². The zero-order valence-corrected chi connectivity index (χ0v) is 12.1. The van der Waals surface area contributed by atoms with E-state index in [1.807, 2.05) is 12.1 Å². The minimum absolute atomic E-state index is 0.0468. The summed E-state index contributed by atoms with van der Waals surface area (Å²) in [5.41, 5.74) is 3.34. The van der Waals surface area contributed by atoms with Crippen molar-refractivity contribution in [3.05, 3.63) is 34.9 Å². The first-order chi connectivity index (χ1) is 9.10. The fraction of sp³-hybridized carbons (Fsp3) is 0.562. The maximum absolute atomic E-state index is 12.2. The van der Waals surface area contributed by atoms with E-state index in [9.17, 15) is 4.79 Å². The number of benzene rings is 1. The molecule has 2 rings (SSSR count). The van der Waals surface area contributed by atoms with Gasteiger partial charge in [0.2, 0.25) is 0 Å². The topological polar surface area (TPSA) is 41.1 Å². The monoisotopic (exact) mass is 260 g/mol. The highest BCUT2D eigenvalue weighted by molar-refractivity contribution is 5.94. The predicted octanol–water partition coefficient (Wildman–Crippen LogP) is 2.84. The average Bonchev–Trinajstić information content (AvgIpc) is 2.85. The van der Waals surface area contributed by atoms with Crippen LogP contribution in [0.1, 0.15) is 55.1 Å². The molecule has 1 heterocycles. The molecule has 0 fully saturated rings. The number of carbonyl (C=O) groups is 1. The second-order valence-electron chi connectivity index (χ2n) is 5.71. The second-order valence-corrected chi connectivity index (χ2v) is 5.71. The lowest BCUT2D eigenvalue weighted by molar-refractivity contribution is 0.0935.